The van der Waals surface area contributed by atoms with Gasteiger partial charge in [-0.15, -0.1) is 10.2 Å². The molecule has 0 radical (unpaired) electrons. The highest BCUT2D eigenvalue weighted by atomic mass is 79.9. The fourth-order valence-electron chi connectivity index (χ4n) is 4.69. The fourth-order valence-corrected chi connectivity index (χ4v) is 5.73. The first-order valence-electron chi connectivity index (χ1n) is 13.7. The Morgan fingerprint density at radius 3 is 2.50 bits per heavy atom. The zero-order valence-electron chi connectivity index (χ0n) is 24.4. The number of nitrogens with one attached hydrogen (secondary N) is 1. The minimum Gasteiger partial charge on any atom is -0.493 e. The lowest BCUT2D eigenvalue weighted by Gasteiger charge is -2.24. The van der Waals surface area contributed by atoms with Crippen molar-refractivity contribution >= 4 is 45.2 Å². The van der Waals surface area contributed by atoms with Crippen molar-refractivity contribution in [1.29, 1.82) is 0 Å². The molecule has 1 atom stereocenters. The molecule has 1 aromatic heterocycles. The SMILES string of the molecule is COc1cccc([C@@H]2CC(c3ccc(Br)cc3)=NN2C(=O)CSc2nnc(CNC(=O)COc3ccccc3)n2C)c1OC. The number of aromatic nitrogens is 3. The van der Waals surface area contributed by atoms with Crippen LogP contribution in [0.4, 0.5) is 0 Å². The number of hydrazone groups is 1. The largest absolute Gasteiger partial charge is 0.493 e. The molecule has 4 aromatic rings. The maximum absolute atomic E-state index is 13.7. The Bertz CT molecular complexity index is 1650. The molecule has 1 aliphatic rings. The van der Waals surface area contributed by atoms with Gasteiger partial charge >= 0.3 is 0 Å². The van der Waals surface area contributed by atoms with E-state index in [0.29, 0.717) is 34.7 Å². The molecule has 44 heavy (non-hydrogen) atoms. The molecule has 13 heteroatoms. The van der Waals surface area contributed by atoms with Crippen molar-refractivity contribution < 1.29 is 23.8 Å². The van der Waals surface area contributed by atoms with Crippen molar-refractivity contribution in [2.45, 2.75) is 24.2 Å². The maximum atomic E-state index is 13.7. The van der Waals surface area contributed by atoms with E-state index in [-0.39, 0.29) is 30.7 Å². The zero-order valence-corrected chi connectivity index (χ0v) is 26.8. The van der Waals surface area contributed by atoms with E-state index in [4.69, 9.17) is 19.3 Å². The van der Waals surface area contributed by atoms with Gasteiger partial charge in [-0.2, -0.15) is 5.10 Å². The van der Waals surface area contributed by atoms with Gasteiger partial charge in [0.1, 0.15) is 5.75 Å². The Kier molecular flexibility index (Phi) is 10.2. The number of halogens is 1. The molecule has 2 amide bonds. The predicted octanol–water partition coefficient (Wildman–Crippen LogP) is 4.76. The van der Waals surface area contributed by atoms with E-state index in [2.05, 4.69) is 31.4 Å². The lowest BCUT2D eigenvalue weighted by molar-refractivity contribution is -0.130. The third-order valence-corrected chi connectivity index (χ3v) is 8.48. The molecule has 0 unspecified atom stereocenters. The molecule has 1 N–H and O–H groups in total. The number of para-hydroxylation sites is 2. The molecule has 228 valence electrons. The molecule has 0 saturated carbocycles. The molecular formula is C31H31BrN6O5S. The number of nitrogens with zero attached hydrogens (tertiary/aromatic N) is 5. The lowest BCUT2D eigenvalue weighted by Crippen LogP contribution is -2.29. The van der Waals surface area contributed by atoms with E-state index in [1.807, 2.05) is 60.7 Å². The summed E-state index contributed by atoms with van der Waals surface area (Å²) in [4.78, 5) is 26.0. The highest BCUT2D eigenvalue weighted by Crippen LogP contribution is 2.42. The molecule has 0 bridgehead atoms. The van der Waals surface area contributed by atoms with E-state index in [1.54, 1.807) is 38.0 Å². The number of ether oxygens (including phenoxy) is 3. The van der Waals surface area contributed by atoms with Crippen LogP contribution in [0.2, 0.25) is 0 Å². The van der Waals surface area contributed by atoms with Crippen molar-refractivity contribution in [3.8, 4) is 17.2 Å². The van der Waals surface area contributed by atoms with Gasteiger partial charge in [-0.3, -0.25) is 9.59 Å². The summed E-state index contributed by atoms with van der Waals surface area (Å²) >= 11 is 4.73. The van der Waals surface area contributed by atoms with Crippen LogP contribution in [-0.4, -0.2) is 63.9 Å². The van der Waals surface area contributed by atoms with E-state index < -0.39 is 6.04 Å². The molecule has 5 rings (SSSR count). The normalized spacial score (nSPS) is 14.2. The van der Waals surface area contributed by atoms with Crippen LogP contribution in [0.1, 0.15) is 29.4 Å². The van der Waals surface area contributed by atoms with E-state index in [0.717, 1.165) is 21.3 Å². The van der Waals surface area contributed by atoms with Gasteiger partial charge in [-0.25, -0.2) is 5.01 Å². The summed E-state index contributed by atoms with van der Waals surface area (Å²) in [5, 5.41) is 18.0. The minimum atomic E-state index is -0.393. The number of hydrogen-bond donors (Lipinski definition) is 1. The first kappa shape index (κ1) is 31.1. The summed E-state index contributed by atoms with van der Waals surface area (Å²) in [6, 6.07) is 22.2. The van der Waals surface area contributed by atoms with Gasteiger partial charge in [0.2, 0.25) is 0 Å². The number of rotatable bonds is 12. The molecule has 0 spiro atoms. The highest BCUT2D eigenvalue weighted by molar-refractivity contribution is 9.10. The van der Waals surface area contributed by atoms with Crippen LogP contribution in [0.15, 0.2) is 87.5 Å². The lowest BCUT2D eigenvalue weighted by atomic mass is 9.97. The Balaban J connectivity index is 1.26. The van der Waals surface area contributed by atoms with Crippen molar-refractivity contribution in [2.75, 3.05) is 26.6 Å². The van der Waals surface area contributed by atoms with Crippen molar-refractivity contribution in [2.24, 2.45) is 12.1 Å². The second-order valence-corrected chi connectivity index (χ2v) is 11.6. The van der Waals surface area contributed by atoms with Crippen LogP contribution < -0.4 is 19.5 Å². The third-order valence-electron chi connectivity index (χ3n) is 6.94. The standard InChI is InChI=1S/C31H31BrN6O5S/c1-37-27(17-33-28(39)18-43-22-8-5-4-6-9-22)34-35-31(37)44-19-29(40)38-25(23-10-7-11-26(41-2)30(23)42-3)16-24(36-38)20-12-14-21(32)15-13-20/h4-15,25H,16-19H2,1-3H3,(H,33,39)/t25-/m0/s1. The average Bonchev–Trinajstić information content (AvgIpc) is 3.65. The minimum absolute atomic E-state index is 0.0726. The van der Waals surface area contributed by atoms with Gasteiger partial charge in [-0.1, -0.05) is 70.2 Å². The smallest absolute Gasteiger partial charge is 0.258 e. The third kappa shape index (κ3) is 7.22. The number of carbonyl (C=O) groups excluding carboxylic acids is 2. The van der Waals surface area contributed by atoms with Gasteiger partial charge in [0.25, 0.3) is 11.8 Å². The second kappa shape index (κ2) is 14.4. The average molecular weight is 680 g/mol. The van der Waals surface area contributed by atoms with Crippen molar-refractivity contribution in [1.82, 2.24) is 25.1 Å². The topological polar surface area (TPSA) is 120 Å². The van der Waals surface area contributed by atoms with Crippen LogP contribution >= 0.6 is 27.7 Å². The molecule has 0 fully saturated rings. The number of hydrogen-bond acceptors (Lipinski definition) is 9. The first-order chi connectivity index (χ1) is 21.4. The van der Waals surface area contributed by atoms with Crippen molar-refractivity contribution in [3.63, 3.8) is 0 Å². The van der Waals surface area contributed by atoms with Crippen molar-refractivity contribution in [3.05, 3.63) is 94.2 Å². The monoisotopic (exact) mass is 678 g/mol. The highest BCUT2D eigenvalue weighted by Gasteiger charge is 2.35. The van der Waals surface area contributed by atoms with Crippen LogP contribution in [0.3, 0.4) is 0 Å². The van der Waals surface area contributed by atoms with E-state index in [1.165, 1.54) is 16.8 Å². The van der Waals surface area contributed by atoms with Crippen LogP contribution in [-0.2, 0) is 23.2 Å². The van der Waals surface area contributed by atoms with Crippen LogP contribution in [0.5, 0.6) is 17.2 Å². The van der Waals surface area contributed by atoms with Gasteiger partial charge in [0, 0.05) is 23.5 Å². The van der Waals surface area contributed by atoms with E-state index >= 15 is 0 Å². The quantitative estimate of drug-likeness (QED) is 0.213. The summed E-state index contributed by atoms with van der Waals surface area (Å²) in [6.07, 6.45) is 0.503. The fraction of sp³-hybridized carbons (Fsp3) is 0.258. The summed E-state index contributed by atoms with van der Waals surface area (Å²) in [5.41, 5.74) is 2.52. The summed E-state index contributed by atoms with van der Waals surface area (Å²) < 4.78 is 19.4. The van der Waals surface area contributed by atoms with Gasteiger partial charge < -0.3 is 24.1 Å². The number of amides is 2. The summed E-state index contributed by atoms with van der Waals surface area (Å²) in [5.74, 6) is 1.89. The Morgan fingerprint density at radius 1 is 1.00 bits per heavy atom. The number of methoxy groups -OCH3 is 2. The Labute approximate surface area is 267 Å². The Morgan fingerprint density at radius 2 is 1.77 bits per heavy atom. The summed E-state index contributed by atoms with van der Waals surface area (Å²) in [7, 11) is 4.95. The van der Waals surface area contributed by atoms with Crippen LogP contribution in [0, 0.1) is 0 Å². The molecular weight excluding hydrogens is 648 g/mol. The van der Waals surface area contributed by atoms with Crippen LogP contribution in [0.25, 0.3) is 0 Å². The number of thioether (sulfide) groups is 1. The molecule has 3 aromatic carbocycles. The molecule has 0 aliphatic carbocycles. The van der Waals surface area contributed by atoms with Gasteiger partial charge in [-0.05, 0) is 35.9 Å². The Hall–Kier alpha value is -4.36. The maximum Gasteiger partial charge on any atom is 0.258 e. The molecule has 1 aliphatic heterocycles. The number of benzene rings is 3. The van der Waals surface area contributed by atoms with E-state index in [9.17, 15) is 9.59 Å². The molecule has 0 saturated heterocycles. The molecule has 11 nitrogen and oxygen atoms in total. The molecule has 2 heterocycles. The number of carbonyl (C=O) groups is 2. The first-order valence-corrected chi connectivity index (χ1v) is 15.5. The second-order valence-electron chi connectivity index (χ2n) is 9.72. The summed E-state index contributed by atoms with van der Waals surface area (Å²) in [6.45, 7) is 0.0511. The zero-order chi connectivity index (χ0) is 31.1. The van der Waals surface area contributed by atoms with Gasteiger partial charge in [0.15, 0.2) is 29.1 Å². The van der Waals surface area contributed by atoms with Gasteiger partial charge in [0.05, 0.1) is 38.3 Å². The predicted molar refractivity (Wildman–Crippen MR) is 170 cm³/mol.